The van der Waals surface area contributed by atoms with Crippen LogP contribution in [0.2, 0.25) is 0 Å². The molecule has 3 nitrogen and oxygen atoms in total. The summed E-state index contributed by atoms with van der Waals surface area (Å²) in [6.07, 6.45) is 1.69. The highest BCUT2D eigenvalue weighted by atomic mass is 19.1. The molecule has 0 heterocycles. The lowest BCUT2D eigenvalue weighted by Gasteiger charge is -2.19. The van der Waals surface area contributed by atoms with E-state index >= 15 is 0 Å². The quantitative estimate of drug-likeness (QED) is 0.662. The number of hydrogen-bond acceptors (Lipinski definition) is 3. The summed E-state index contributed by atoms with van der Waals surface area (Å²) < 4.78 is 24.1. The van der Waals surface area contributed by atoms with Crippen LogP contribution in [0.1, 0.15) is 18.9 Å². The van der Waals surface area contributed by atoms with Crippen LogP contribution in [0.4, 0.5) is 4.39 Å². The van der Waals surface area contributed by atoms with Crippen LogP contribution < -0.4 is 5.32 Å². The average molecular weight is 269 g/mol. The van der Waals surface area contributed by atoms with E-state index in [1.807, 2.05) is 12.1 Å². The average Bonchev–Trinajstić information content (AvgIpc) is 2.43. The molecule has 0 aromatic heterocycles. The molecule has 0 spiro atoms. The highest BCUT2D eigenvalue weighted by molar-refractivity contribution is 5.18. The third-order valence-corrected chi connectivity index (χ3v) is 2.86. The molecule has 0 saturated carbocycles. The van der Waals surface area contributed by atoms with Gasteiger partial charge in [0.05, 0.1) is 19.8 Å². The van der Waals surface area contributed by atoms with Crippen molar-refractivity contribution in [2.45, 2.75) is 25.8 Å². The molecule has 0 amide bonds. The Labute approximate surface area is 115 Å². The zero-order valence-corrected chi connectivity index (χ0v) is 11.8. The minimum atomic E-state index is -0.150. The Bertz CT molecular complexity index is 347. The van der Waals surface area contributed by atoms with Gasteiger partial charge in [-0.25, -0.2) is 4.39 Å². The van der Waals surface area contributed by atoms with Gasteiger partial charge in [0.1, 0.15) is 5.82 Å². The van der Waals surface area contributed by atoms with Crippen LogP contribution in [0.5, 0.6) is 0 Å². The van der Waals surface area contributed by atoms with E-state index in [2.05, 4.69) is 12.2 Å². The van der Waals surface area contributed by atoms with Gasteiger partial charge < -0.3 is 14.8 Å². The smallest absolute Gasteiger partial charge is 0.126 e. The third-order valence-electron chi connectivity index (χ3n) is 2.86. The fourth-order valence-electron chi connectivity index (χ4n) is 1.84. The van der Waals surface area contributed by atoms with Gasteiger partial charge in [-0.15, -0.1) is 0 Å². The second kappa shape index (κ2) is 9.89. The molecule has 1 aromatic carbocycles. The summed E-state index contributed by atoms with van der Waals surface area (Å²) in [5, 5.41) is 3.39. The van der Waals surface area contributed by atoms with Gasteiger partial charge in [0, 0.05) is 13.2 Å². The number of ether oxygens (including phenoxy) is 2. The molecule has 0 saturated heterocycles. The lowest BCUT2D eigenvalue weighted by molar-refractivity contribution is 0.0586. The van der Waals surface area contributed by atoms with Crippen molar-refractivity contribution in [1.82, 2.24) is 5.32 Å². The number of rotatable bonds is 10. The summed E-state index contributed by atoms with van der Waals surface area (Å²) in [5.74, 6) is -0.150. The van der Waals surface area contributed by atoms with E-state index in [0.29, 0.717) is 26.2 Å². The van der Waals surface area contributed by atoms with Crippen LogP contribution in [-0.2, 0) is 15.9 Å². The number of hydrogen-bond donors (Lipinski definition) is 1. The van der Waals surface area contributed by atoms with Crippen LogP contribution in [0, 0.1) is 5.82 Å². The van der Waals surface area contributed by atoms with Gasteiger partial charge in [-0.05, 0) is 31.0 Å². The van der Waals surface area contributed by atoms with E-state index in [4.69, 9.17) is 9.47 Å². The molecule has 4 heteroatoms. The van der Waals surface area contributed by atoms with Crippen LogP contribution in [0.25, 0.3) is 0 Å². The van der Waals surface area contributed by atoms with Crippen molar-refractivity contribution in [3.8, 4) is 0 Å². The number of methoxy groups -OCH3 is 1. The first-order valence-electron chi connectivity index (χ1n) is 6.81. The first-order valence-corrected chi connectivity index (χ1v) is 6.81. The fraction of sp³-hybridized carbons (Fsp3) is 0.600. The Hall–Kier alpha value is -0.970. The Morgan fingerprint density at radius 1 is 1.26 bits per heavy atom. The van der Waals surface area contributed by atoms with E-state index in [-0.39, 0.29) is 11.9 Å². The zero-order chi connectivity index (χ0) is 13.9. The molecule has 1 aromatic rings. The molecule has 0 aliphatic rings. The first-order chi connectivity index (χ1) is 9.27. The SMILES string of the molecule is CCCNC(COCCOC)Cc1ccccc1F. The number of halogens is 1. The number of benzene rings is 1. The van der Waals surface area contributed by atoms with Crippen molar-refractivity contribution in [1.29, 1.82) is 0 Å². The van der Waals surface area contributed by atoms with E-state index < -0.39 is 0 Å². The van der Waals surface area contributed by atoms with Crippen LogP contribution in [0.3, 0.4) is 0 Å². The summed E-state index contributed by atoms with van der Waals surface area (Å²) in [6, 6.07) is 7.03. The highest BCUT2D eigenvalue weighted by Gasteiger charge is 2.11. The van der Waals surface area contributed by atoms with Crippen molar-refractivity contribution in [3.63, 3.8) is 0 Å². The van der Waals surface area contributed by atoms with Crippen molar-refractivity contribution in [2.24, 2.45) is 0 Å². The van der Waals surface area contributed by atoms with Gasteiger partial charge in [0.15, 0.2) is 0 Å². The summed E-state index contributed by atoms with van der Waals surface area (Å²) in [7, 11) is 1.65. The summed E-state index contributed by atoms with van der Waals surface area (Å²) in [6.45, 7) is 4.74. The molecule has 108 valence electrons. The normalized spacial score (nSPS) is 12.6. The molecule has 0 aliphatic heterocycles. The molecular formula is C15H24FNO2. The zero-order valence-electron chi connectivity index (χ0n) is 11.8. The van der Waals surface area contributed by atoms with Gasteiger partial charge in [-0.3, -0.25) is 0 Å². The van der Waals surface area contributed by atoms with Crippen LogP contribution in [-0.4, -0.2) is 39.5 Å². The van der Waals surface area contributed by atoms with Gasteiger partial charge in [0.25, 0.3) is 0 Å². The highest BCUT2D eigenvalue weighted by Crippen LogP contribution is 2.09. The van der Waals surface area contributed by atoms with Crippen LogP contribution >= 0.6 is 0 Å². The number of nitrogens with one attached hydrogen (secondary N) is 1. The molecule has 0 aliphatic carbocycles. The monoisotopic (exact) mass is 269 g/mol. The molecule has 0 radical (unpaired) electrons. The molecule has 1 N–H and O–H groups in total. The summed E-state index contributed by atoms with van der Waals surface area (Å²) >= 11 is 0. The second-order valence-electron chi connectivity index (χ2n) is 4.51. The lowest BCUT2D eigenvalue weighted by Crippen LogP contribution is -2.36. The van der Waals surface area contributed by atoms with E-state index in [1.165, 1.54) is 6.07 Å². The van der Waals surface area contributed by atoms with Crippen LogP contribution in [0.15, 0.2) is 24.3 Å². The molecule has 0 bridgehead atoms. The maximum absolute atomic E-state index is 13.6. The van der Waals surface area contributed by atoms with Gasteiger partial charge in [-0.1, -0.05) is 25.1 Å². The topological polar surface area (TPSA) is 30.5 Å². The molecule has 1 unspecified atom stereocenters. The first kappa shape index (κ1) is 16.1. The molecule has 1 rings (SSSR count). The minimum Gasteiger partial charge on any atom is -0.382 e. The Morgan fingerprint density at radius 3 is 2.74 bits per heavy atom. The summed E-state index contributed by atoms with van der Waals surface area (Å²) in [4.78, 5) is 0. The third kappa shape index (κ3) is 6.66. The van der Waals surface area contributed by atoms with Crippen molar-refractivity contribution in [2.75, 3.05) is 33.5 Å². The predicted molar refractivity (Wildman–Crippen MR) is 74.9 cm³/mol. The maximum atomic E-state index is 13.6. The molecule has 1 atom stereocenters. The molecule has 0 fully saturated rings. The van der Waals surface area contributed by atoms with Crippen molar-refractivity contribution in [3.05, 3.63) is 35.6 Å². The Morgan fingerprint density at radius 2 is 2.05 bits per heavy atom. The van der Waals surface area contributed by atoms with Crippen molar-refractivity contribution < 1.29 is 13.9 Å². The minimum absolute atomic E-state index is 0.133. The second-order valence-corrected chi connectivity index (χ2v) is 4.51. The van der Waals surface area contributed by atoms with E-state index in [1.54, 1.807) is 13.2 Å². The van der Waals surface area contributed by atoms with E-state index in [0.717, 1.165) is 18.5 Å². The van der Waals surface area contributed by atoms with Crippen molar-refractivity contribution >= 4 is 0 Å². The largest absolute Gasteiger partial charge is 0.382 e. The molecular weight excluding hydrogens is 245 g/mol. The maximum Gasteiger partial charge on any atom is 0.126 e. The Kier molecular flexibility index (Phi) is 8.38. The van der Waals surface area contributed by atoms with Gasteiger partial charge in [-0.2, -0.15) is 0 Å². The van der Waals surface area contributed by atoms with E-state index in [9.17, 15) is 4.39 Å². The Balaban J connectivity index is 2.46. The summed E-state index contributed by atoms with van der Waals surface area (Å²) in [5.41, 5.74) is 0.728. The predicted octanol–water partition coefficient (Wildman–Crippen LogP) is 2.40. The standard InChI is InChI=1S/C15H24FNO2/c1-3-8-17-14(12-19-10-9-18-2)11-13-6-4-5-7-15(13)16/h4-7,14,17H,3,8-12H2,1-2H3. The lowest BCUT2D eigenvalue weighted by atomic mass is 10.1. The van der Waals surface area contributed by atoms with Gasteiger partial charge >= 0.3 is 0 Å². The van der Waals surface area contributed by atoms with Gasteiger partial charge in [0.2, 0.25) is 0 Å². The molecule has 19 heavy (non-hydrogen) atoms. The fourth-order valence-corrected chi connectivity index (χ4v) is 1.84.